The molecule has 2 amide bonds. The molecule has 0 aliphatic heterocycles. The minimum atomic E-state index is -0.480. The number of pyridine rings is 1. The van der Waals surface area contributed by atoms with Crippen LogP contribution in [0.1, 0.15) is 52.9 Å². The summed E-state index contributed by atoms with van der Waals surface area (Å²) in [5, 5.41) is 10.1. The number of hydrogen-bond donors (Lipinski definition) is 3. The van der Waals surface area contributed by atoms with E-state index in [2.05, 4.69) is 20.8 Å². The van der Waals surface area contributed by atoms with Crippen molar-refractivity contribution < 1.29 is 18.8 Å². The van der Waals surface area contributed by atoms with E-state index in [0.717, 1.165) is 27.3 Å². The van der Waals surface area contributed by atoms with Crippen molar-refractivity contribution in [1.29, 1.82) is 0 Å². The van der Waals surface area contributed by atoms with Crippen molar-refractivity contribution >= 4 is 34.0 Å². The molecule has 0 saturated heterocycles. The molecule has 9 nitrogen and oxygen atoms in total. The number of rotatable bonds is 7. The topological polar surface area (TPSA) is 132 Å². The van der Waals surface area contributed by atoms with Gasteiger partial charge in [0.2, 0.25) is 5.91 Å². The number of nitrogens with zero attached hydrogens (tertiary/aromatic N) is 2. The Morgan fingerprint density at radius 3 is 3.00 bits per heavy atom. The number of hydrogen-bond acceptors (Lipinski definition) is 8. The van der Waals surface area contributed by atoms with Gasteiger partial charge in [0.25, 0.3) is 0 Å². The third-order valence-corrected chi connectivity index (χ3v) is 6.99. The number of nitrogens with one attached hydrogen (secondary N) is 2. The van der Waals surface area contributed by atoms with Gasteiger partial charge in [-0.2, -0.15) is 0 Å². The van der Waals surface area contributed by atoms with Crippen LogP contribution in [0, 0.1) is 6.92 Å². The smallest absolute Gasteiger partial charge is 0.407 e. The van der Waals surface area contributed by atoms with Crippen molar-refractivity contribution in [3.63, 3.8) is 0 Å². The van der Waals surface area contributed by atoms with E-state index in [-0.39, 0.29) is 17.9 Å². The van der Waals surface area contributed by atoms with Crippen LogP contribution in [0.15, 0.2) is 35.3 Å². The molecule has 3 aromatic rings. The highest BCUT2D eigenvalue weighted by Gasteiger charge is 2.27. The fraction of sp³-hybridized carbons (Fsp3) is 0.391. The summed E-state index contributed by atoms with van der Waals surface area (Å²) >= 11 is 1.46. The van der Waals surface area contributed by atoms with E-state index in [9.17, 15) is 9.59 Å². The first-order valence-corrected chi connectivity index (χ1v) is 11.7. The molecule has 3 aromatic heterocycles. The highest BCUT2D eigenvalue weighted by Crippen LogP contribution is 2.41. The second-order valence-corrected chi connectivity index (χ2v) is 9.34. The number of carbonyl (C=O) groups excluding carboxylic acids is 2. The van der Waals surface area contributed by atoms with Gasteiger partial charge < -0.3 is 25.6 Å². The molecule has 0 radical (unpaired) electrons. The summed E-state index contributed by atoms with van der Waals surface area (Å²) in [5.74, 6) is -0.0414. The van der Waals surface area contributed by atoms with Crippen LogP contribution in [0.25, 0.3) is 0 Å². The number of anilines is 2. The van der Waals surface area contributed by atoms with E-state index in [1.54, 1.807) is 12.4 Å². The molecule has 2 unspecified atom stereocenters. The van der Waals surface area contributed by atoms with Crippen molar-refractivity contribution in [2.75, 3.05) is 11.1 Å². The molecule has 1 aliphatic rings. The first-order valence-electron chi connectivity index (χ1n) is 10.8. The average Bonchev–Trinajstić information content (AvgIpc) is 3.35. The molecule has 4 N–H and O–H groups in total. The van der Waals surface area contributed by atoms with Gasteiger partial charge in [-0.3, -0.25) is 9.78 Å². The van der Waals surface area contributed by atoms with E-state index in [1.807, 2.05) is 26.0 Å². The van der Waals surface area contributed by atoms with Gasteiger partial charge in [0, 0.05) is 35.7 Å². The quantitative estimate of drug-likeness (QED) is 0.477. The number of ether oxygens (including phenoxy) is 1. The zero-order chi connectivity index (χ0) is 23.4. The number of aryl methyl sites for hydroxylation is 1. The lowest BCUT2D eigenvalue weighted by Crippen LogP contribution is -2.31. The Balaban J connectivity index is 1.31. The Morgan fingerprint density at radius 1 is 1.42 bits per heavy atom. The number of carbonyl (C=O) groups is 2. The Hall–Kier alpha value is -3.40. The van der Waals surface area contributed by atoms with Gasteiger partial charge in [-0.25, -0.2) is 4.79 Å². The second kappa shape index (κ2) is 10.0. The zero-order valence-corrected chi connectivity index (χ0v) is 19.4. The lowest BCUT2D eigenvalue weighted by atomic mass is 9.95. The summed E-state index contributed by atoms with van der Waals surface area (Å²) in [6.07, 6.45) is 6.56. The fourth-order valence-electron chi connectivity index (χ4n) is 3.86. The van der Waals surface area contributed by atoms with Crippen molar-refractivity contribution in [2.45, 2.75) is 58.1 Å². The number of nitrogens with two attached hydrogens (primary N) is 1. The molecular weight excluding hydrogens is 442 g/mol. The van der Waals surface area contributed by atoms with Crippen LogP contribution >= 0.6 is 11.3 Å². The molecule has 174 valence electrons. The Labute approximate surface area is 195 Å². The molecule has 0 aromatic carbocycles. The number of aromatic nitrogens is 2. The van der Waals surface area contributed by atoms with Gasteiger partial charge in [-0.1, -0.05) is 18.1 Å². The first-order chi connectivity index (χ1) is 15.9. The SMILES string of the molecule is Cc1nocc1CNC(=O)OC1CCc2c(sc(NC(=O)CC(C)c3cccnc3)c2N)C1. The third-order valence-electron chi connectivity index (χ3n) is 5.81. The van der Waals surface area contributed by atoms with E-state index in [4.69, 9.17) is 15.0 Å². The largest absolute Gasteiger partial charge is 0.446 e. The van der Waals surface area contributed by atoms with Gasteiger partial charge in [0.15, 0.2) is 0 Å². The monoisotopic (exact) mass is 469 g/mol. The number of fused-ring (bicyclic) bond motifs is 1. The molecule has 0 spiro atoms. The minimum Gasteiger partial charge on any atom is -0.446 e. The predicted molar refractivity (Wildman–Crippen MR) is 125 cm³/mol. The summed E-state index contributed by atoms with van der Waals surface area (Å²) in [4.78, 5) is 30.0. The Kier molecular flexibility index (Phi) is 6.93. The van der Waals surface area contributed by atoms with Gasteiger partial charge in [-0.15, -0.1) is 11.3 Å². The van der Waals surface area contributed by atoms with Crippen LogP contribution in [-0.4, -0.2) is 28.2 Å². The van der Waals surface area contributed by atoms with Gasteiger partial charge >= 0.3 is 6.09 Å². The van der Waals surface area contributed by atoms with Crippen LogP contribution in [0.3, 0.4) is 0 Å². The summed E-state index contributed by atoms with van der Waals surface area (Å²) in [7, 11) is 0. The van der Waals surface area contributed by atoms with E-state index in [0.29, 0.717) is 42.9 Å². The van der Waals surface area contributed by atoms with Crippen LogP contribution in [0.2, 0.25) is 0 Å². The maximum absolute atomic E-state index is 12.6. The molecule has 0 bridgehead atoms. The lowest BCUT2D eigenvalue weighted by molar-refractivity contribution is -0.116. The maximum atomic E-state index is 12.6. The second-order valence-electron chi connectivity index (χ2n) is 8.24. The number of nitrogen functional groups attached to an aromatic ring is 1. The number of alkyl carbamates (subject to hydrolysis) is 1. The molecule has 0 fully saturated rings. The van der Waals surface area contributed by atoms with E-state index in [1.165, 1.54) is 17.6 Å². The van der Waals surface area contributed by atoms with Crippen LogP contribution < -0.4 is 16.4 Å². The summed E-state index contributed by atoms with van der Waals surface area (Å²) in [5.41, 5.74) is 10.5. The molecule has 33 heavy (non-hydrogen) atoms. The van der Waals surface area contributed by atoms with Crippen LogP contribution in [0.5, 0.6) is 0 Å². The third kappa shape index (κ3) is 5.51. The lowest BCUT2D eigenvalue weighted by Gasteiger charge is -2.22. The fourth-order valence-corrected chi connectivity index (χ4v) is 5.11. The van der Waals surface area contributed by atoms with Crippen molar-refractivity contribution in [3.05, 3.63) is 58.1 Å². The molecular formula is C23H27N5O4S. The Bertz CT molecular complexity index is 1130. The number of thiophene rings is 1. The number of amides is 2. The highest BCUT2D eigenvalue weighted by atomic mass is 32.1. The Morgan fingerprint density at radius 2 is 2.27 bits per heavy atom. The van der Waals surface area contributed by atoms with E-state index < -0.39 is 6.09 Å². The zero-order valence-electron chi connectivity index (χ0n) is 18.6. The summed E-state index contributed by atoms with van der Waals surface area (Å²) in [6, 6.07) is 3.83. The van der Waals surface area contributed by atoms with Gasteiger partial charge in [-0.05, 0) is 42.9 Å². The van der Waals surface area contributed by atoms with Gasteiger partial charge in [0.1, 0.15) is 17.4 Å². The maximum Gasteiger partial charge on any atom is 0.407 e. The van der Waals surface area contributed by atoms with Crippen molar-refractivity contribution in [1.82, 2.24) is 15.5 Å². The predicted octanol–water partition coefficient (Wildman–Crippen LogP) is 3.94. The summed E-state index contributed by atoms with van der Waals surface area (Å²) < 4.78 is 10.5. The minimum absolute atomic E-state index is 0.0485. The standard InChI is InChI=1S/C23H27N5O4S/c1-13(15-4-3-7-25-10-15)8-20(29)27-22-21(24)18-6-5-17(9-19(18)33-22)32-23(30)26-11-16-12-31-28-14(16)2/h3-4,7,10,12-13,17H,5-6,8-9,11,24H2,1-2H3,(H,26,30)(H,27,29). The van der Waals surface area contributed by atoms with Crippen LogP contribution in [0.4, 0.5) is 15.5 Å². The summed E-state index contributed by atoms with van der Waals surface area (Å²) in [6.45, 7) is 4.11. The van der Waals surface area contributed by atoms with E-state index >= 15 is 0 Å². The molecule has 1 aliphatic carbocycles. The normalized spacial score (nSPS) is 16.0. The van der Waals surface area contributed by atoms with Crippen LogP contribution in [-0.2, 0) is 28.9 Å². The first kappa shape index (κ1) is 22.8. The molecule has 0 saturated carbocycles. The molecule has 10 heteroatoms. The van der Waals surface area contributed by atoms with Crippen molar-refractivity contribution in [2.24, 2.45) is 0 Å². The molecule has 2 atom stereocenters. The molecule has 3 heterocycles. The highest BCUT2D eigenvalue weighted by molar-refractivity contribution is 7.17. The average molecular weight is 470 g/mol. The van der Waals surface area contributed by atoms with Gasteiger partial charge in [0.05, 0.1) is 17.9 Å². The van der Waals surface area contributed by atoms with Crippen molar-refractivity contribution in [3.8, 4) is 0 Å². The molecule has 4 rings (SSSR count).